The molecule has 0 spiro atoms. The molecule has 0 aromatic heterocycles. The third-order valence-corrected chi connectivity index (χ3v) is 6.30. The third-order valence-electron chi connectivity index (χ3n) is 6.30. The van der Waals surface area contributed by atoms with Crippen molar-refractivity contribution >= 4 is 0 Å². The van der Waals surface area contributed by atoms with E-state index in [0.717, 1.165) is 35.5 Å². The molecule has 0 aromatic carbocycles. The summed E-state index contributed by atoms with van der Waals surface area (Å²) in [5.74, 6) is 6.31. The first-order valence-electron chi connectivity index (χ1n) is 8.65. The Bertz CT molecular complexity index is 244. The Morgan fingerprint density at radius 2 is 1.83 bits per heavy atom. The van der Waals surface area contributed by atoms with Crippen LogP contribution in [0.15, 0.2) is 0 Å². The van der Waals surface area contributed by atoms with Gasteiger partial charge in [0.1, 0.15) is 0 Å². The Labute approximate surface area is 115 Å². The number of hydrogen-bond donors (Lipinski definition) is 0. The minimum atomic E-state index is 1.00. The van der Waals surface area contributed by atoms with E-state index in [9.17, 15) is 0 Å². The van der Waals surface area contributed by atoms with E-state index in [1.54, 1.807) is 19.3 Å². The molecule has 6 unspecified atom stereocenters. The van der Waals surface area contributed by atoms with E-state index in [0.29, 0.717) is 0 Å². The van der Waals surface area contributed by atoms with Gasteiger partial charge >= 0.3 is 0 Å². The second-order valence-electron chi connectivity index (χ2n) is 7.49. The molecule has 106 valence electrons. The van der Waals surface area contributed by atoms with Crippen molar-refractivity contribution in [3.8, 4) is 0 Å². The highest BCUT2D eigenvalue weighted by atomic mass is 14.5. The molecule has 0 aromatic rings. The van der Waals surface area contributed by atoms with E-state index in [1.165, 1.54) is 32.1 Å². The van der Waals surface area contributed by atoms with Gasteiger partial charge in [-0.1, -0.05) is 53.4 Å². The summed E-state index contributed by atoms with van der Waals surface area (Å²) < 4.78 is 0. The summed E-state index contributed by atoms with van der Waals surface area (Å²) in [6.07, 6.45) is 12.0. The molecule has 2 aliphatic carbocycles. The van der Waals surface area contributed by atoms with E-state index in [1.807, 2.05) is 0 Å². The smallest absolute Gasteiger partial charge is 0.0355 e. The lowest BCUT2D eigenvalue weighted by Crippen LogP contribution is -2.11. The average molecular weight is 250 g/mol. The Morgan fingerprint density at radius 3 is 2.44 bits per heavy atom. The van der Waals surface area contributed by atoms with E-state index in [-0.39, 0.29) is 0 Å². The lowest BCUT2D eigenvalue weighted by Gasteiger charge is -2.22. The summed E-state index contributed by atoms with van der Waals surface area (Å²) >= 11 is 0. The summed E-state index contributed by atoms with van der Waals surface area (Å²) in [7, 11) is 0. The van der Waals surface area contributed by atoms with Gasteiger partial charge in [0.15, 0.2) is 0 Å². The molecule has 2 fully saturated rings. The van der Waals surface area contributed by atoms with Gasteiger partial charge in [0.25, 0.3) is 0 Å². The molecule has 2 aliphatic rings. The van der Waals surface area contributed by atoms with Crippen LogP contribution in [0.25, 0.3) is 0 Å². The van der Waals surface area contributed by atoms with Gasteiger partial charge < -0.3 is 0 Å². The number of fused-ring (bicyclic) bond motifs is 1. The lowest BCUT2D eigenvalue weighted by atomic mass is 9.84. The first-order valence-corrected chi connectivity index (χ1v) is 8.65. The molecule has 6 atom stereocenters. The molecular formula is C18H34. The maximum absolute atomic E-state index is 2.52. The minimum Gasteiger partial charge on any atom is -0.0654 e. The van der Waals surface area contributed by atoms with Crippen LogP contribution < -0.4 is 0 Å². The van der Waals surface area contributed by atoms with Crippen LogP contribution in [0.2, 0.25) is 0 Å². The fraction of sp³-hybridized carbons (Fsp3) is 1.00. The fourth-order valence-electron chi connectivity index (χ4n) is 4.95. The van der Waals surface area contributed by atoms with Crippen molar-refractivity contribution in [2.75, 3.05) is 0 Å². The van der Waals surface area contributed by atoms with Crippen LogP contribution in [-0.2, 0) is 0 Å². The number of hydrogen-bond acceptors (Lipinski definition) is 0. The zero-order valence-corrected chi connectivity index (χ0v) is 13.1. The Balaban J connectivity index is 1.79. The van der Waals surface area contributed by atoms with Crippen molar-refractivity contribution < 1.29 is 0 Å². The SMILES string of the molecule is CCCCC(CC)CC1CC2CC(C)C(C)C2C1. The largest absolute Gasteiger partial charge is 0.0654 e. The highest BCUT2D eigenvalue weighted by Crippen LogP contribution is 2.53. The molecular weight excluding hydrogens is 216 g/mol. The van der Waals surface area contributed by atoms with Crippen LogP contribution in [0, 0.1) is 35.5 Å². The van der Waals surface area contributed by atoms with Gasteiger partial charge in [0.05, 0.1) is 0 Å². The van der Waals surface area contributed by atoms with Gasteiger partial charge in [-0.2, -0.15) is 0 Å². The summed E-state index contributed by atoms with van der Waals surface area (Å²) in [4.78, 5) is 0. The summed E-state index contributed by atoms with van der Waals surface area (Å²) in [6, 6.07) is 0. The van der Waals surface area contributed by atoms with E-state index < -0.39 is 0 Å². The van der Waals surface area contributed by atoms with E-state index in [2.05, 4.69) is 27.7 Å². The highest BCUT2D eigenvalue weighted by molar-refractivity contribution is 4.94. The maximum atomic E-state index is 2.52. The summed E-state index contributed by atoms with van der Waals surface area (Å²) in [5.41, 5.74) is 0. The lowest BCUT2D eigenvalue weighted by molar-refractivity contribution is 0.293. The van der Waals surface area contributed by atoms with Crippen LogP contribution in [0.1, 0.15) is 79.1 Å². The predicted molar refractivity (Wildman–Crippen MR) is 80.6 cm³/mol. The summed E-state index contributed by atoms with van der Waals surface area (Å²) in [6.45, 7) is 9.73. The fourth-order valence-corrected chi connectivity index (χ4v) is 4.95. The van der Waals surface area contributed by atoms with Crippen molar-refractivity contribution in [2.24, 2.45) is 35.5 Å². The van der Waals surface area contributed by atoms with Crippen molar-refractivity contribution in [3.05, 3.63) is 0 Å². The number of unbranched alkanes of at least 4 members (excludes halogenated alkanes) is 1. The van der Waals surface area contributed by atoms with Crippen LogP contribution in [-0.4, -0.2) is 0 Å². The van der Waals surface area contributed by atoms with Crippen LogP contribution in [0.5, 0.6) is 0 Å². The molecule has 0 saturated heterocycles. The van der Waals surface area contributed by atoms with Gasteiger partial charge in [-0.25, -0.2) is 0 Å². The monoisotopic (exact) mass is 250 g/mol. The minimum absolute atomic E-state index is 1.00. The third kappa shape index (κ3) is 3.11. The highest BCUT2D eigenvalue weighted by Gasteiger charge is 2.44. The standard InChI is InChI=1S/C18H34/c1-5-7-8-15(6-2)10-16-11-17-9-13(3)14(4)18(17)12-16/h13-18H,5-12H2,1-4H3. The van der Waals surface area contributed by atoms with Gasteiger partial charge in [0, 0.05) is 0 Å². The van der Waals surface area contributed by atoms with Gasteiger partial charge in [-0.15, -0.1) is 0 Å². The van der Waals surface area contributed by atoms with Crippen LogP contribution in [0.4, 0.5) is 0 Å². The van der Waals surface area contributed by atoms with Gasteiger partial charge in [-0.05, 0) is 61.2 Å². The molecule has 0 nitrogen and oxygen atoms in total. The van der Waals surface area contributed by atoms with Crippen LogP contribution in [0.3, 0.4) is 0 Å². The topological polar surface area (TPSA) is 0 Å². The van der Waals surface area contributed by atoms with Crippen molar-refractivity contribution in [2.45, 2.75) is 79.1 Å². The van der Waals surface area contributed by atoms with Gasteiger partial charge in [0.2, 0.25) is 0 Å². The Kier molecular flexibility index (Phi) is 5.15. The van der Waals surface area contributed by atoms with E-state index in [4.69, 9.17) is 0 Å². The maximum Gasteiger partial charge on any atom is -0.0355 e. The Morgan fingerprint density at radius 1 is 1.06 bits per heavy atom. The normalized spacial score (nSPS) is 41.0. The van der Waals surface area contributed by atoms with Crippen molar-refractivity contribution in [3.63, 3.8) is 0 Å². The molecule has 0 radical (unpaired) electrons. The molecule has 2 saturated carbocycles. The predicted octanol–water partition coefficient (Wildman–Crippen LogP) is 5.91. The first-order chi connectivity index (χ1) is 8.65. The molecule has 0 heterocycles. The molecule has 0 heteroatoms. The van der Waals surface area contributed by atoms with Crippen molar-refractivity contribution in [1.29, 1.82) is 0 Å². The molecule has 0 amide bonds. The molecule has 2 rings (SSSR count). The van der Waals surface area contributed by atoms with Crippen molar-refractivity contribution in [1.82, 2.24) is 0 Å². The van der Waals surface area contributed by atoms with Gasteiger partial charge in [-0.3, -0.25) is 0 Å². The molecule has 0 bridgehead atoms. The second-order valence-corrected chi connectivity index (χ2v) is 7.49. The summed E-state index contributed by atoms with van der Waals surface area (Å²) in [5, 5.41) is 0. The van der Waals surface area contributed by atoms with Crippen LogP contribution >= 0.6 is 0 Å². The Hall–Kier alpha value is 0. The quantitative estimate of drug-likeness (QED) is 0.549. The molecule has 0 N–H and O–H groups in total. The average Bonchev–Trinajstić information content (AvgIpc) is 2.85. The van der Waals surface area contributed by atoms with E-state index >= 15 is 0 Å². The second kappa shape index (κ2) is 6.44. The first kappa shape index (κ1) is 14.4. The zero-order chi connectivity index (χ0) is 13.1. The number of rotatable bonds is 6. The molecule has 0 aliphatic heterocycles. The molecule has 18 heavy (non-hydrogen) atoms. The zero-order valence-electron chi connectivity index (χ0n) is 13.1.